The van der Waals surface area contributed by atoms with Crippen LogP contribution in [-0.4, -0.2) is 23.4 Å². The van der Waals surface area contributed by atoms with E-state index in [2.05, 4.69) is 11.5 Å². The molecule has 0 fully saturated rings. The summed E-state index contributed by atoms with van der Waals surface area (Å²) < 4.78 is 18.8. The first-order chi connectivity index (χ1) is 16.1. The molecule has 0 radical (unpaired) electrons. The van der Waals surface area contributed by atoms with Gasteiger partial charge in [-0.15, -0.1) is 0 Å². The third-order valence-corrected chi connectivity index (χ3v) is 5.61. The number of aromatic nitrogens is 1. The Hall–Kier alpha value is -4.32. The summed E-state index contributed by atoms with van der Waals surface area (Å²) in [5.74, 6) is 0.936. The Balaban J connectivity index is 1.45. The van der Waals surface area contributed by atoms with E-state index in [-0.39, 0.29) is 11.5 Å². The highest BCUT2D eigenvalue weighted by atomic mass is 16.5. The van der Waals surface area contributed by atoms with E-state index in [1.54, 1.807) is 55.7 Å². The van der Waals surface area contributed by atoms with Gasteiger partial charge in [0.2, 0.25) is 5.78 Å². The number of methoxy groups -OCH3 is 1. The maximum absolute atomic E-state index is 13.0. The van der Waals surface area contributed by atoms with E-state index in [1.807, 2.05) is 30.5 Å². The number of ether oxygens (including phenoxy) is 3. The molecule has 0 saturated carbocycles. The van der Waals surface area contributed by atoms with Crippen molar-refractivity contribution in [3.05, 3.63) is 95.4 Å². The molecule has 0 atom stereocenters. The van der Waals surface area contributed by atoms with Gasteiger partial charge in [-0.3, -0.25) is 4.79 Å². The van der Waals surface area contributed by atoms with Gasteiger partial charge in [0, 0.05) is 35.3 Å². The number of rotatable bonds is 5. The standard InChI is InChI=1S/C27H21NO5/c1-3-28-16-18(22-14-19(31-2)10-12-23(22)28)13-25-26(29)21-11-9-20(15-24(21)33-25)32-27(30)17-7-5-4-6-8-17/h4-16H,3H2,1-2H3/b25-13+. The van der Waals surface area contributed by atoms with Crippen LogP contribution in [0.2, 0.25) is 0 Å². The number of ketones is 1. The first kappa shape index (κ1) is 20.6. The van der Waals surface area contributed by atoms with Gasteiger partial charge in [0.25, 0.3) is 0 Å². The Bertz CT molecular complexity index is 1420. The second-order valence-corrected chi connectivity index (χ2v) is 7.61. The Morgan fingerprint density at radius 2 is 1.82 bits per heavy atom. The normalized spacial score (nSPS) is 13.8. The second kappa shape index (κ2) is 8.31. The van der Waals surface area contributed by atoms with Crippen molar-refractivity contribution in [2.24, 2.45) is 0 Å². The molecule has 0 N–H and O–H groups in total. The summed E-state index contributed by atoms with van der Waals surface area (Å²) in [4.78, 5) is 25.3. The molecule has 0 spiro atoms. The minimum absolute atomic E-state index is 0.216. The lowest BCUT2D eigenvalue weighted by Crippen LogP contribution is -2.08. The predicted octanol–water partition coefficient (Wildman–Crippen LogP) is 5.51. The third-order valence-electron chi connectivity index (χ3n) is 5.61. The molecule has 5 rings (SSSR count). The largest absolute Gasteiger partial charge is 0.497 e. The van der Waals surface area contributed by atoms with Crippen LogP contribution >= 0.6 is 0 Å². The maximum atomic E-state index is 13.0. The monoisotopic (exact) mass is 439 g/mol. The van der Waals surface area contributed by atoms with E-state index in [0.717, 1.165) is 28.8 Å². The van der Waals surface area contributed by atoms with Crippen LogP contribution in [0.4, 0.5) is 0 Å². The molecule has 1 aliphatic rings. The summed E-state index contributed by atoms with van der Waals surface area (Å²) in [6, 6.07) is 19.4. The van der Waals surface area contributed by atoms with Crippen LogP contribution < -0.4 is 14.2 Å². The van der Waals surface area contributed by atoms with Gasteiger partial charge < -0.3 is 18.8 Å². The Morgan fingerprint density at radius 1 is 1.03 bits per heavy atom. The summed E-state index contributed by atoms with van der Waals surface area (Å²) in [6.07, 6.45) is 3.73. The van der Waals surface area contributed by atoms with Crippen LogP contribution in [0.3, 0.4) is 0 Å². The van der Waals surface area contributed by atoms with Crippen LogP contribution in [0.25, 0.3) is 17.0 Å². The molecule has 2 heterocycles. The van der Waals surface area contributed by atoms with Gasteiger partial charge in [-0.25, -0.2) is 4.79 Å². The minimum atomic E-state index is -0.475. The molecule has 1 aliphatic heterocycles. The quantitative estimate of drug-likeness (QED) is 0.233. The molecule has 0 aliphatic carbocycles. The van der Waals surface area contributed by atoms with Gasteiger partial charge in [-0.1, -0.05) is 18.2 Å². The van der Waals surface area contributed by atoms with E-state index in [4.69, 9.17) is 14.2 Å². The number of Topliss-reactive ketones (excluding diaryl/α,β-unsaturated/α-hetero) is 1. The Morgan fingerprint density at radius 3 is 2.58 bits per heavy atom. The number of carbonyl (C=O) groups excluding carboxylic acids is 2. The van der Waals surface area contributed by atoms with Crippen LogP contribution in [-0.2, 0) is 6.54 Å². The molecule has 6 heteroatoms. The number of allylic oxidation sites excluding steroid dienone is 1. The van der Waals surface area contributed by atoms with Gasteiger partial charge in [0.1, 0.15) is 17.2 Å². The van der Waals surface area contributed by atoms with E-state index < -0.39 is 5.97 Å². The summed E-state index contributed by atoms with van der Waals surface area (Å²) in [7, 11) is 1.62. The van der Waals surface area contributed by atoms with Crippen molar-refractivity contribution in [1.82, 2.24) is 4.57 Å². The number of hydrogen-bond acceptors (Lipinski definition) is 5. The number of nitrogens with zero attached hydrogens (tertiary/aromatic N) is 1. The van der Waals surface area contributed by atoms with E-state index in [9.17, 15) is 9.59 Å². The molecule has 0 amide bonds. The van der Waals surface area contributed by atoms with E-state index in [1.165, 1.54) is 0 Å². The molecular weight excluding hydrogens is 418 g/mol. The molecule has 0 saturated heterocycles. The van der Waals surface area contributed by atoms with Crippen molar-refractivity contribution >= 4 is 28.7 Å². The highest BCUT2D eigenvalue weighted by Crippen LogP contribution is 2.36. The van der Waals surface area contributed by atoms with E-state index in [0.29, 0.717) is 22.6 Å². The van der Waals surface area contributed by atoms with Crippen molar-refractivity contribution in [2.75, 3.05) is 7.11 Å². The number of carbonyl (C=O) groups is 2. The van der Waals surface area contributed by atoms with Crippen LogP contribution in [0.5, 0.6) is 17.2 Å². The molecule has 1 aromatic heterocycles. The SMILES string of the molecule is CCn1cc(/C=C2/Oc3cc(OC(=O)c4ccccc4)ccc3C2=O)c2cc(OC)ccc21. The Labute approximate surface area is 190 Å². The van der Waals surface area contributed by atoms with Crippen LogP contribution in [0.1, 0.15) is 33.2 Å². The summed E-state index contributed by atoms with van der Waals surface area (Å²) in [5, 5.41) is 0.966. The average molecular weight is 439 g/mol. The van der Waals surface area contributed by atoms with Crippen molar-refractivity contribution in [3.63, 3.8) is 0 Å². The summed E-state index contributed by atoms with van der Waals surface area (Å²) in [6.45, 7) is 2.85. The molecule has 6 nitrogen and oxygen atoms in total. The molecule has 4 aromatic rings. The molecule has 3 aromatic carbocycles. The molecule has 164 valence electrons. The van der Waals surface area contributed by atoms with Crippen LogP contribution in [0.15, 0.2) is 78.7 Å². The Kier molecular flexibility index (Phi) is 5.18. The van der Waals surface area contributed by atoms with Crippen molar-refractivity contribution < 1.29 is 23.8 Å². The lowest BCUT2D eigenvalue weighted by Gasteiger charge is -2.05. The van der Waals surface area contributed by atoms with Crippen LogP contribution in [0, 0.1) is 0 Å². The van der Waals surface area contributed by atoms with Gasteiger partial charge in [0.15, 0.2) is 5.76 Å². The first-order valence-corrected chi connectivity index (χ1v) is 10.6. The molecule has 33 heavy (non-hydrogen) atoms. The molecule has 0 unspecified atom stereocenters. The second-order valence-electron chi connectivity index (χ2n) is 7.61. The van der Waals surface area contributed by atoms with Crippen molar-refractivity contribution in [1.29, 1.82) is 0 Å². The smallest absolute Gasteiger partial charge is 0.343 e. The van der Waals surface area contributed by atoms with Gasteiger partial charge in [-0.2, -0.15) is 0 Å². The zero-order valence-corrected chi connectivity index (χ0v) is 18.2. The highest BCUT2D eigenvalue weighted by molar-refractivity contribution is 6.15. The lowest BCUT2D eigenvalue weighted by atomic mass is 10.1. The summed E-state index contributed by atoms with van der Waals surface area (Å²) in [5.41, 5.74) is 2.77. The highest BCUT2D eigenvalue weighted by Gasteiger charge is 2.28. The zero-order valence-electron chi connectivity index (χ0n) is 18.2. The fraction of sp³-hybridized carbons (Fsp3) is 0.111. The number of aryl methyl sites for hydroxylation is 1. The maximum Gasteiger partial charge on any atom is 0.343 e. The fourth-order valence-corrected chi connectivity index (χ4v) is 3.92. The first-order valence-electron chi connectivity index (χ1n) is 10.6. The van der Waals surface area contributed by atoms with Gasteiger partial charge in [0.05, 0.1) is 18.2 Å². The topological polar surface area (TPSA) is 66.8 Å². The lowest BCUT2D eigenvalue weighted by molar-refractivity contribution is 0.0734. The number of esters is 1. The fourth-order valence-electron chi connectivity index (χ4n) is 3.92. The third kappa shape index (κ3) is 3.76. The van der Waals surface area contributed by atoms with E-state index >= 15 is 0 Å². The van der Waals surface area contributed by atoms with Crippen molar-refractivity contribution in [3.8, 4) is 17.2 Å². The predicted molar refractivity (Wildman–Crippen MR) is 125 cm³/mol. The van der Waals surface area contributed by atoms with Crippen molar-refractivity contribution in [2.45, 2.75) is 13.5 Å². The number of benzene rings is 3. The number of hydrogen-bond donors (Lipinski definition) is 0. The summed E-state index contributed by atoms with van der Waals surface area (Å²) >= 11 is 0. The average Bonchev–Trinajstić information content (AvgIpc) is 3.36. The van der Waals surface area contributed by atoms with Gasteiger partial charge >= 0.3 is 5.97 Å². The minimum Gasteiger partial charge on any atom is -0.497 e. The zero-order chi connectivity index (χ0) is 22.9. The van der Waals surface area contributed by atoms with Gasteiger partial charge in [-0.05, 0) is 55.5 Å². The number of fused-ring (bicyclic) bond motifs is 2. The molecule has 0 bridgehead atoms. The molecular formula is C27H21NO5.